The lowest BCUT2D eigenvalue weighted by atomic mass is 9.95. The van der Waals surface area contributed by atoms with Gasteiger partial charge in [0.25, 0.3) is 0 Å². The summed E-state index contributed by atoms with van der Waals surface area (Å²) in [5.41, 5.74) is 0. The fraction of sp³-hybridized carbons (Fsp3) is 0.938. The Bertz CT molecular complexity index is 300. The molecule has 116 valence electrons. The molecular weight excluding hydrogens is 250 g/mol. The van der Waals surface area contributed by atoms with E-state index in [-0.39, 0.29) is 6.03 Å². The molecule has 1 aliphatic carbocycles. The molecule has 2 amide bonds. The van der Waals surface area contributed by atoms with Gasteiger partial charge in [-0.05, 0) is 38.1 Å². The number of rotatable bonds is 4. The topological polar surface area (TPSA) is 44.4 Å². The fourth-order valence-electron chi connectivity index (χ4n) is 3.33. The normalized spacial score (nSPS) is 24.9. The Kier molecular flexibility index (Phi) is 6.14. The molecule has 2 aliphatic rings. The number of carbonyl (C=O) groups excluding carboxylic acids is 1. The number of nitrogens with one attached hydrogen (secondary N) is 2. The maximum Gasteiger partial charge on any atom is 0.317 e. The van der Waals surface area contributed by atoms with Gasteiger partial charge in [0.15, 0.2) is 0 Å². The number of hydrogen-bond acceptors (Lipinski definition) is 2. The molecule has 0 spiro atoms. The highest BCUT2D eigenvalue weighted by Crippen LogP contribution is 2.19. The summed E-state index contributed by atoms with van der Waals surface area (Å²) in [5.74, 6) is 0.614. The zero-order valence-corrected chi connectivity index (χ0v) is 13.2. The average molecular weight is 281 g/mol. The fourth-order valence-corrected chi connectivity index (χ4v) is 3.33. The van der Waals surface area contributed by atoms with E-state index in [0.717, 1.165) is 38.9 Å². The Labute approximate surface area is 123 Å². The molecule has 20 heavy (non-hydrogen) atoms. The lowest BCUT2D eigenvalue weighted by Crippen LogP contribution is -2.50. The van der Waals surface area contributed by atoms with Gasteiger partial charge in [-0.25, -0.2) is 4.79 Å². The summed E-state index contributed by atoms with van der Waals surface area (Å²) in [5, 5.41) is 6.74. The van der Waals surface area contributed by atoms with E-state index in [2.05, 4.69) is 24.5 Å². The van der Waals surface area contributed by atoms with Gasteiger partial charge in [-0.1, -0.05) is 33.1 Å². The van der Waals surface area contributed by atoms with Gasteiger partial charge in [0.1, 0.15) is 0 Å². The van der Waals surface area contributed by atoms with Gasteiger partial charge in [-0.3, -0.25) is 0 Å². The third kappa shape index (κ3) is 4.97. The molecule has 4 heteroatoms. The highest BCUT2D eigenvalue weighted by molar-refractivity contribution is 5.74. The molecule has 1 saturated heterocycles. The third-order valence-corrected chi connectivity index (χ3v) is 4.55. The van der Waals surface area contributed by atoms with Crippen molar-refractivity contribution in [1.82, 2.24) is 15.5 Å². The van der Waals surface area contributed by atoms with Crippen molar-refractivity contribution in [2.45, 2.75) is 70.9 Å². The van der Waals surface area contributed by atoms with Gasteiger partial charge in [0, 0.05) is 25.2 Å². The first-order valence-corrected chi connectivity index (χ1v) is 8.44. The minimum absolute atomic E-state index is 0.172. The largest absolute Gasteiger partial charge is 0.335 e. The number of nitrogens with zero attached hydrogens (tertiary/aromatic N) is 1. The van der Waals surface area contributed by atoms with Crippen molar-refractivity contribution in [3.8, 4) is 0 Å². The van der Waals surface area contributed by atoms with Gasteiger partial charge in [-0.2, -0.15) is 0 Å². The second-order valence-electron chi connectivity index (χ2n) is 6.80. The summed E-state index contributed by atoms with van der Waals surface area (Å²) in [6, 6.07) is 1.12. The van der Waals surface area contributed by atoms with Crippen LogP contribution in [0.3, 0.4) is 0 Å². The Morgan fingerprint density at radius 1 is 1.15 bits per heavy atom. The van der Waals surface area contributed by atoms with Crippen molar-refractivity contribution in [2.24, 2.45) is 5.92 Å². The zero-order valence-electron chi connectivity index (χ0n) is 13.2. The molecule has 2 rings (SSSR count). The zero-order chi connectivity index (χ0) is 14.4. The van der Waals surface area contributed by atoms with Gasteiger partial charge < -0.3 is 15.5 Å². The molecule has 1 unspecified atom stereocenters. The number of carbonyl (C=O) groups is 1. The van der Waals surface area contributed by atoms with E-state index in [1.165, 1.54) is 25.7 Å². The average Bonchev–Trinajstić information content (AvgIpc) is 2.46. The lowest BCUT2D eigenvalue weighted by molar-refractivity contribution is 0.158. The van der Waals surface area contributed by atoms with E-state index in [4.69, 9.17) is 0 Å². The van der Waals surface area contributed by atoms with Crippen LogP contribution >= 0.6 is 0 Å². The quantitative estimate of drug-likeness (QED) is 0.832. The smallest absolute Gasteiger partial charge is 0.317 e. The second-order valence-corrected chi connectivity index (χ2v) is 6.80. The Balaban J connectivity index is 1.74. The van der Waals surface area contributed by atoms with Crippen LogP contribution < -0.4 is 10.6 Å². The molecular formula is C16H31N3O. The van der Waals surface area contributed by atoms with E-state index in [0.29, 0.717) is 18.0 Å². The highest BCUT2D eigenvalue weighted by Gasteiger charge is 2.25. The number of amides is 2. The van der Waals surface area contributed by atoms with Gasteiger partial charge in [0.2, 0.25) is 0 Å². The van der Waals surface area contributed by atoms with Crippen LogP contribution in [0.25, 0.3) is 0 Å². The van der Waals surface area contributed by atoms with Crippen LogP contribution in [0.2, 0.25) is 0 Å². The molecule has 0 bridgehead atoms. The standard InChI is InChI=1S/C16H31N3O/c1-13(2)17-11-14-7-6-10-19(12-14)16(20)18-15-8-4-3-5-9-15/h13-15,17H,3-12H2,1-2H3,(H,18,20). The van der Waals surface area contributed by atoms with E-state index in [9.17, 15) is 4.79 Å². The number of piperidine rings is 1. The first-order chi connectivity index (χ1) is 9.65. The predicted molar refractivity (Wildman–Crippen MR) is 82.8 cm³/mol. The van der Waals surface area contributed by atoms with E-state index in [1.54, 1.807) is 0 Å². The van der Waals surface area contributed by atoms with Crippen molar-refractivity contribution in [2.75, 3.05) is 19.6 Å². The van der Waals surface area contributed by atoms with Crippen LogP contribution in [0.5, 0.6) is 0 Å². The minimum atomic E-state index is 0.172. The molecule has 1 saturated carbocycles. The summed E-state index contributed by atoms with van der Waals surface area (Å²) in [4.78, 5) is 14.4. The molecule has 4 nitrogen and oxygen atoms in total. The highest BCUT2D eigenvalue weighted by atomic mass is 16.2. The number of likely N-dealkylation sites (tertiary alicyclic amines) is 1. The van der Waals surface area contributed by atoms with E-state index >= 15 is 0 Å². The maximum absolute atomic E-state index is 12.3. The van der Waals surface area contributed by atoms with Crippen LogP contribution in [-0.4, -0.2) is 42.6 Å². The summed E-state index contributed by atoms with van der Waals surface area (Å²) in [6.07, 6.45) is 8.59. The molecule has 1 atom stereocenters. The summed E-state index contributed by atoms with van der Waals surface area (Å²) >= 11 is 0. The SMILES string of the molecule is CC(C)NCC1CCCN(C(=O)NC2CCCCC2)C1. The lowest BCUT2D eigenvalue weighted by Gasteiger charge is -2.35. The van der Waals surface area contributed by atoms with Crippen LogP contribution in [0.4, 0.5) is 4.79 Å². The molecule has 1 heterocycles. The molecule has 2 fully saturated rings. The summed E-state index contributed by atoms with van der Waals surface area (Å²) in [7, 11) is 0. The van der Waals surface area contributed by atoms with E-state index < -0.39 is 0 Å². The van der Waals surface area contributed by atoms with Crippen LogP contribution in [0.1, 0.15) is 58.8 Å². The Morgan fingerprint density at radius 2 is 1.90 bits per heavy atom. The number of hydrogen-bond donors (Lipinski definition) is 2. The first-order valence-electron chi connectivity index (χ1n) is 8.44. The monoisotopic (exact) mass is 281 g/mol. The van der Waals surface area contributed by atoms with Gasteiger partial charge in [0.05, 0.1) is 0 Å². The molecule has 0 radical (unpaired) electrons. The van der Waals surface area contributed by atoms with Crippen LogP contribution in [-0.2, 0) is 0 Å². The molecule has 1 aliphatic heterocycles. The van der Waals surface area contributed by atoms with Gasteiger partial charge >= 0.3 is 6.03 Å². The minimum Gasteiger partial charge on any atom is -0.335 e. The maximum atomic E-state index is 12.3. The predicted octanol–water partition coefficient (Wildman–Crippen LogP) is 2.74. The van der Waals surface area contributed by atoms with Crippen molar-refractivity contribution in [3.05, 3.63) is 0 Å². The molecule has 2 N–H and O–H groups in total. The second kappa shape index (κ2) is 7.87. The third-order valence-electron chi connectivity index (χ3n) is 4.55. The van der Waals surface area contributed by atoms with E-state index in [1.807, 2.05) is 4.90 Å². The molecule has 0 aromatic carbocycles. The number of urea groups is 1. The Morgan fingerprint density at radius 3 is 2.60 bits per heavy atom. The van der Waals surface area contributed by atoms with Crippen molar-refractivity contribution < 1.29 is 4.79 Å². The van der Waals surface area contributed by atoms with Crippen molar-refractivity contribution in [1.29, 1.82) is 0 Å². The molecule has 0 aromatic rings. The summed E-state index contributed by atoms with van der Waals surface area (Å²) in [6.45, 7) is 7.23. The van der Waals surface area contributed by atoms with Gasteiger partial charge in [-0.15, -0.1) is 0 Å². The van der Waals surface area contributed by atoms with Crippen LogP contribution in [0, 0.1) is 5.92 Å². The van der Waals surface area contributed by atoms with Crippen molar-refractivity contribution in [3.63, 3.8) is 0 Å². The molecule has 0 aromatic heterocycles. The summed E-state index contributed by atoms with van der Waals surface area (Å²) < 4.78 is 0. The van der Waals surface area contributed by atoms with Crippen molar-refractivity contribution >= 4 is 6.03 Å². The first kappa shape index (κ1) is 15.6. The van der Waals surface area contributed by atoms with Crippen LogP contribution in [0.15, 0.2) is 0 Å². The Hall–Kier alpha value is -0.770.